The average molecular weight is 258 g/mol. The van der Waals surface area contributed by atoms with Crippen molar-refractivity contribution in [3.63, 3.8) is 0 Å². The van der Waals surface area contributed by atoms with Gasteiger partial charge in [-0.2, -0.15) is 0 Å². The number of thioether (sulfide) groups is 2. The molecule has 1 aromatic heterocycles. The summed E-state index contributed by atoms with van der Waals surface area (Å²) in [6.07, 6.45) is 3.62. The van der Waals surface area contributed by atoms with Crippen LogP contribution in [0.1, 0.15) is 19.0 Å². The van der Waals surface area contributed by atoms with Crippen molar-refractivity contribution in [2.24, 2.45) is 0 Å². The van der Waals surface area contributed by atoms with E-state index in [9.17, 15) is 4.79 Å². The summed E-state index contributed by atoms with van der Waals surface area (Å²) in [7, 11) is 0. The third kappa shape index (κ3) is 3.18. The summed E-state index contributed by atoms with van der Waals surface area (Å²) in [6, 6.07) is 0. The molecule has 1 aliphatic heterocycles. The molecule has 1 N–H and O–H groups in total. The predicted molar refractivity (Wildman–Crippen MR) is 67.8 cm³/mol. The number of carbonyl (C=O) groups is 1. The summed E-state index contributed by atoms with van der Waals surface area (Å²) < 4.78 is 5.44. The van der Waals surface area contributed by atoms with Gasteiger partial charge in [-0.05, 0) is 17.9 Å². The van der Waals surface area contributed by atoms with Crippen LogP contribution in [0, 0.1) is 0 Å². The Morgan fingerprint density at radius 1 is 1.62 bits per heavy atom. The van der Waals surface area contributed by atoms with Crippen molar-refractivity contribution in [3.05, 3.63) is 12.0 Å². The van der Waals surface area contributed by atoms with Gasteiger partial charge in [-0.3, -0.25) is 4.79 Å². The van der Waals surface area contributed by atoms with E-state index in [-0.39, 0.29) is 5.91 Å². The molecular weight excluding hydrogens is 244 g/mol. The topological polar surface area (TPSA) is 55.1 Å². The molecule has 0 aliphatic carbocycles. The number of amides is 1. The van der Waals surface area contributed by atoms with Gasteiger partial charge in [0.05, 0.1) is 4.58 Å². The lowest BCUT2D eigenvalue weighted by atomic mass is 10.3. The zero-order valence-electron chi connectivity index (χ0n) is 9.06. The van der Waals surface area contributed by atoms with E-state index in [1.54, 1.807) is 0 Å². The minimum Gasteiger partial charge on any atom is -0.362 e. The Bertz CT molecular complexity index is 361. The molecule has 0 saturated carbocycles. The monoisotopic (exact) mass is 258 g/mol. The number of nitrogens with zero attached hydrogens (tertiary/aromatic N) is 1. The van der Waals surface area contributed by atoms with E-state index in [4.69, 9.17) is 4.52 Å². The molecule has 0 aromatic carbocycles. The largest absolute Gasteiger partial charge is 0.362 e. The van der Waals surface area contributed by atoms with E-state index in [1.165, 1.54) is 31.1 Å². The molecule has 1 saturated heterocycles. The fourth-order valence-corrected chi connectivity index (χ4v) is 4.35. The van der Waals surface area contributed by atoms with Crippen LogP contribution in [0.2, 0.25) is 0 Å². The van der Waals surface area contributed by atoms with E-state index in [0.29, 0.717) is 10.3 Å². The summed E-state index contributed by atoms with van der Waals surface area (Å²) in [5, 5.41) is 6.68. The van der Waals surface area contributed by atoms with Crippen LogP contribution in [-0.2, 0) is 11.2 Å². The minimum absolute atomic E-state index is 0.0894. The maximum absolute atomic E-state index is 11.0. The maximum Gasteiger partial charge on any atom is 0.221 e. The lowest BCUT2D eigenvalue weighted by molar-refractivity contribution is -0.114. The van der Waals surface area contributed by atoms with Gasteiger partial charge in [0, 0.05) is 13.3 Å². The number of hydrogen-bond donors (Lipinski definition) is 1. The first-order chi connectivity index (χ1) is 7.75. The second-order valence-electron chi connectivity index (χ2n) is 3.58. The van der Waals surface area contributed by atoms with E-state index < -0.39 is 0 Å². The van der Waals surface area contributed by atoms with Gasteiger partial charge < -0.3 is 9.84 Å². The molecule has 0 unspecified atom stereocenters. The normalized spacial score (nSPS) is 17.3. The zero-order chi connectivity index (χ0) is 11.4. The van der Waals surface area contributed by atoms with Crippen LogP contribution >= 0.6 is 23.5 Å². The first-order valence-electron chi connectivity index (χ1n) is 5.20. The molecule has 1 aliphatic rings. The van der Waals surface area contributed by atoms with Crippen LogP contribution in [0.25, 0.3) is 0 Å². The summed E-state index contributed by atoms with van der Waals surface area (Å²) in [6.45, 7) is 1.49. The zero-order valence-corrected chi connectivity index (χ0v) is 10.7. The van der Waals surface area contributed by atoms with Crippen molar-refractivity contribution >= 4 is 35.1 Å². The molecule has 1 aromatic rings. The van der Waals surface area contributed by atoms with Crippen LogP contribution in [0.4, 0.5) is 5.69 Å². The van der Waals surface area contributed by atoms with Crippen LogP contribution in [0.3, 0.4) is 0 Å². The third-order valence-corrected chi connectivity index (χ3v) is 5.15. The molecule has 0 atom stereocenters. The average Bonchev–Trinajstić information content (AvgIpc) is 2.66. The Morgan fingerprint density at radius 2 is 2.38 bits per heavy atom. The van der Waals surface area contributed by atoms with Crippen LogP contribution in [0.5, 0.6) is 0 Å². The molecule has 0 radical (unpaired) electrons. The highest BCUT2D eigenvalue weighted by atomic mass is 32.2. The molecule has 16 heavy (non-hydrogen) atoms. The molecular formula is C10H14N2O2S2. The Balaban J connectivity index is 1.97. The third-order valence-electron chi connectivity index (χ3n) is 2.21. The highest BCUT2D eigenvalue weighted by Crippen LogP contribution is 2.34. The molecule has 6 heteroatoms. The first-order valence-corrected chi connectivity index (χ1v) is 7.29. The maximum atomic E-state index is 11.0. The highest BCUT2D eigenvalue weighted by Gasteiger charge is 2.19. The lowest BCUT2D eigenvalue weighted by Gasteiger charge is -2.19. The minimum atomic E-state index is -0.0894. The fourth-order valence-electron chi connectivity index (χ4n) is 1.51. The van der Waals surface area contributed by atoms with Crippen LogP contribution < -0.4 is 5.32 Å². The van der Waals surface area contributed by atoms with E-state index >= 15 is 0 Å². The summed E-state index contributed by atoms with van der Waals surface area (Å²) in [5.74, 6) is 2.34. The van der Waals surface area contributed by atoms with Gasteiger partial charge >= 0.3 is 0 Å². The predicted octanol–water partition coefficient (Wildman–Crippen LogP) is 2.37. The van der Waals surface area contributed by atoms with Crippen molar-refractivity contribution in [1.82, 2.24) is 5.16 Å². The Labute approximate surface area is 103 Å². The van der Waals surface area contributed by atoms with Gasteiger partial charge in [0.1, 0.15) is 17.6 Å². The number of rotatable bonds is 3. The number of hydrogen-bond acceptors (Lipinski definition) is 5. The van der Waals surface area contributed by atoms with Crippen LogP contribution in [0.15, 0.2) is 10.8 Å². The van der Waals surface area contributed by atoms with Gasteiger partial charge in [0.2, 0.25) is 5.91 Å². The van der Waals surface area contributed by atoms with Gasteiger partial charge in [-0.1, -0.05) is 5.16 Å². The molecule has 88 valence electrons. The fraction of sp³-hybridized carbons (Fsp3) is 0.600. The second kappa shape index (κ2) is 5.63. The van der Waals surface area contributed by atoms with Gasteiger partial charge in [0.25, 0.3) is 0 Å². The van der Waals surface area contributed by atoms with Crippen molar-refractivity contribution in [1.29, 1.82) is 0 Å². The first kappa shape index (κ1) is 11.9. The van der Waals surface area contributed by atoms with Crippen molar-refractivity contribution in [2.75, 3.05) is 16.8 Å². The summed E-state index contributed by atoms with van der Waals surface area (Å²) in [4.78, 5) is 11.0. The summed E-state index contributed by atoms with van der Waals surface area (Å²) >= 11 is 3.92. The Morgan fingerprint density at radius 3 is 3.06 bits per heavy atom. The quantitative estimate of drug-likeness (QED) is 0.902. The number of aromatic nitrogens is 1. The second-order valence-corrected chi connectivity index (χ2v) is 6.50. The molecule has 1 fully saturated rings. The smallest absolute Gasteiger partial charge is 0.221 e. The van der Waals surface area contributed by atoms with E-state index in [2.05, 4.69) is 10.5 Å². The highest BCUT2D eigenvalue weighted by molar-refractivity contribution is 8.17. The number of carbonyl (C=O) groups excluding carboxylic acids is 1. The van der Waals surface area contributed by atoms with E-state index in [0.717, 1.165) is 12.1 Å². The summed E-state index contributed by atoms with van der Waals surface area (Å²) in [5.41, 5.74) is 1.56. The van der Waals surface area contributed by atoms with Gasteiger partial charge in [0.15, 0.2) is 0 Å². The number of anilines is 1. The van der Waals surface area contributed by atoms with Gasteiger partial charge in [-0.25, -0.2) is 0 Å². The molecule has 0 bridgehead atoms. The molecule has 4 nitrogen and oxygen atoms in total. The van der Waals surface area contributed by atoms with Crippen molar-refractivity contribution in [3.8, 4) is 0 Å². The molecule has 2 rings (SSSR count). The van der Waals surface area contributed by atoms with Crippen molar-refractivity contribution in [2.45, 2.75) is 24.3 Å². The Kier molecular flexibility index (Phi) is 4.17. The van der Waals surface area contributed by atoms with Crippen LogP contribution in [-0.4, -0.2) is 27.2 Å². The number of nitrogens with one attached hydrogen (secondary N) is 1. The van der Waals surface area contributed by atoms with Crippen molar-refractivity contribution < 1.29 is 9.32 Å². The standard InChI is InChI=1S/C10H14N2O2S2/c1-7(13)11-9-6-14-12-8(9)5-10-15-3-2-4-16-10/h6,10H,2-5H2,1H3,(H,11,13). The lowest BCUT2D eigenvalue weighted by Crippen LogP contribution is -2.12. The SMILES string of the molecule is CC(=O)Nc1conc1CC1SCCCS1. The van der Waals surface area contributed by atoms with Gasteiger partial charge in [-0.15, -0.1) is 23.5 Å². The van der Waals surface area contributed by atoms with E-state index in [1.807, 2.05) is 23.5 Å². The molecule has 1 amide bonds. The molecule has 0 spiro atoms. The molecule has 2 heterocycles. The Hall–Kier alpha value is -0.620.